The lowest BCUT2D eigenvalue weighted by Crippen LogP contribution is -2.16. The molecule has 0 atom stereocenters. The Bertz CT molecular complexity index is 295. The first-order chi connectivity index (χ1) is 7.01. The van der Waals surface area contributed by atoms with Crippen molar-refractivity contribution >= 4 is 0 Å². The van der Waals surface area contributed by atoms with Gasteiger partial charge >= 0.3 is 6.18 Å². The zero-order valence-corrected chi connectivity index (χ0v) is 8.34. The molecule has 0 saturated carbocycles. The maximum absolute atomic E-state index is 11.7. The Morgan fingerprint density at radius 3 is 2.53 bits per heavy atom. The molecule has 84 valence electrons. The van der Waals surface area contributed by atoms with E-state index in [2.05, 4.69) is 9.72 Å². The zero-order chi connectivity index (χ0) is 11.3. The molecule has 1 heterocycles. The van der Waals surface area contributed by atoms with Crippen molar-refractivity contribution in [2.75, 3.05) is 6.61 Å². The van der Waals surface area contributed by atoms with Crippen molar-refractivity contribution < 1.29 is 17.9 Å². The number of pyridine rings is 1. The maximum Gasteiger partial charge on any atom is 0.411 e. The number of aryl methyl sites for hydroxylation is 1. The first kappa shape index (κ1) is 12.0. The van der Waals surface area contributed by atoms with Crippen LogP contribution < -0.4 is 0 Å². The minimum absolute atomic E-state index is 0.108. The van der Waals surface area contributed by atoms with E-state index in [1.54, 1.807) is 12.3 Å². The van der Waals surface area contributed by atoms with E-state index in [0.29, 0.717) is 5.69 Å². The highest BCUT2D eigenvalue weighted by atomic mass is 19.4. The van der Waals surface area contributed by atoms with Gasteiger partial charge in [0.2, 0.25) is 0 Å². The van der Waals surface area contributed by atoms with Gasteiger partial charge in [0, 0.05) is 6.20 Å². The highest BCUT2D eigenvalue weighted by Gasteiger charge is 2.27. The van der Waals surface area contributed by atoms with Crippen molar-refractivity contribution in [3.8, 4) is 0 Å². The van der Waals surface area contributed by atoms with Gasteiger partial charge in [0.15, 0.2) is 0 Å². The molecule has 1 aromatic rings. The molecule has 0 aromatic carbocycles. The molecule has 0 fully saturated rings. The van der Waals surface area contributed by atoms with Crippen molar-refractivity contribution in [3.05, 3.63) is 29.6 Å². The lowest BCUT2D eigenvalue weighted by Gasteiger charge is -2.07. The fourth-order valence-corrected chi connectivity index (χ4v) is 1.02. The molecule has 0 aliphatic carbocycles. The maximum atomic E-state index is 11.7. The van der Waals surface area contributed by atoms with E-state index in [1.807, 2.05) is 13.0 Å². The number of nitrogens with zero attached hydrogens (tertiary/aromatic N) is 1. The van der Waals surface area contributed by atoms with E-state index in [9.17, 15) is 13.2 Å². The van der Waals surface area contributed by atoms with E-state index < -0.39 is 12.8 Å². The summed E-state index contributed by atoms with van der Waals surface area (Å²) < 4.78 is 39.7. The van der Waals surface area contributed by atoms with Gasteiger partial charge in [0.25, 0.3) is 0 Å². The molecule has 0 saturated heterocycles. The summed E-state index contributed by atoms with van der Waals surface area (Å²) in [6, 6.07) is 3.51. The molecule has 0 spiro atoms. The summed E-state index contributed by atoms with van der Waals surface area (Å²) in [6.45, 7) is 0.643. The van der Waals surface area contributed by atoms with Gasteiger partial charge in [0.1, 0.15) is 6.61 Å². The van der Waals surface area contributed by atoms with Crippen LogP contribution in [0.15, 0.2) is 18.3 Å². The zero-order valence-electron chi connectivity index (χ0n) is 8.34. The van der Waals surface area contributed by atoms with Crippen molar-refractivity contribution in [2.24, 2.45) is 0 Å². The van der Waals surface area contributed by atoms with Gasteiger partial charge in [-0.25, -0.2) is 0 Å². The summed E-state index contributed by atoms with van der Waals surface area (Å²) in [7, 11) is 0. The van der Waals surface area contributed by atoms with Crippen LogP contribution in [0.1, 0.15) is 18.2 Å². The Morgan fingerprint density at radius 1 is 1.33 bits per heavy atom. The number of ether oxygens (including phenoxy) is 1. The van der Waals surface area contributed by atoms with Crippen LogP contribution in [0.25, 0.3) is 0 Å². The first-order valence-electron chi connectivity index (χ1n) is 4.59. The summed E-state index contributed by atoms with van der Waals surface area (Å²) in [5.74, 6) is 0. The van der Waals surface area contributed by atoms with E-state index in [0.717, 1.165) is 12.0 Å². The van der Waals surface area contributed by atoms with Crippen LogP contribution in [0, 0.1) is 0 Å². The minimum atomic E-state index is -4.27. The molecular formula is C10H12F3NO. The molecule has 5 heteroatoms. The Balaban J connectivity index is 2.38. The first-order valence-corrected chi connectivity index (χ1v) is 4.59. The van der Waals surface area contributed by atoms with Crippen LogP contribution in [0.5, 0.6) is 0 Å². The molecule has 0 aliphatic heterocycles. The summed E-state index contributed by atoms with van der Waals surface area (Å²) in [5.41, 5.74) is 1.56. The topological polar surface area (TPSA) is 22.1 Å². The Hall–Kier alpha value is -1.10. The largest absolute Gasteiger partial charge is 0.411 e. The fraction of sp³-hybridized carbons (Fsp3) is 0.500. The third kappa shape index (κ3) is 4.78. The van der Waals surface area contributed by atoms with Crippen LogP contribution in [0.3, 0.4) is 0 Å². The molecule has 0 unspecified atom stereocenters. The van der Waals surface area contributed by atoms with Crippen molar-refractivity contribution in [2.45, 2.75) is 26.1 Å². The normalized spacial score (nSPS) is 11.7. The van der Waals surface area contributed by atoms with E-state index in [1.165, 1.54) is 0 Å². The molecule has 0 bridgehead atoms. The van der Waals surface area contributed by atoms with Crippen LogP contribution in [-0.4, -0.2) is 17.8 Å². The van der Waals surface area contributed by atoms with Crippen molar-refractivity contribution in [1.29, 1.82) is 0 Å². The summed E-state index contributed by atoms with van der Waals surface area (Å²) in [4.78, 5) is 3.98. The average Bonchev–Trinajstić information content (AvgIpc) is 2.17. The SMILES string of the molecule is CCc1ccc(COCC(F)(F)F)nc1. The number of rotatable bonds is 4. The van der Waals surface area contributed by atoms with Crippen LogP contribution in [0.2, 0.25) is 0 Å². The van der Waals surface area contributed by atoms with Gasteiger partial charge in [-0.2, -0.15) is 13.2 Å². The molecule has 0 aliphatic rings. The molecule has 2 nitrogen and oxygen atoms in total. The number of halogens is 3. The Kier molecular flexibility index (Phi) is 4.08. The quantitative estimate of drug-likeness (QED) is 0.776. The highest BCUT2D eigenvalue weighted by molar-refractivity contribution is 5.13. The molecule has 1 aromatic heterocycles. The van der Waals surface area contributed by atoms with Crippen LogP contribution in [0.4, 0.5) is 13.2 Å². The predicted molar refractivity (Wildman–Crippen MR) is 49.3 cm³/mol. The second-order valence-electron chi connectivity index (χ2n) is 3.12. The predicted octanol–water partition coefficient (Wildman–Crippen LogP) is 2.72. The molecule has 0 N–H and O–H groups in total. The van der Waals surface area contributed by atoms with Crippen LogP contribution in [-0.2, 0) is 17.8 Å². The molecule has 1 rings (SSSR count). The van der Waals surface area contributed by atoms with E-state index >= 15 is 0 Å². The lowest BCUT2D eigenvalue weighted by atomic mass is 10.2. The Morgan fingerprint density at radius 2 is 2.07 bits per heavy atom. The smallest absolute Gasteiger partial charge is 0.366 e. The van der Waals surface area contributed by atoms with E-state index in [4.69, 9.17) is 0 Å². The highest BCUT2D eigenvalue weighted by Crippen LogP contribution is 2.15. The number of hydrogen-bond acceptors (Lipinski definition) is 2. The number of hydrogen-bond donors (Lipinski definition) is 0. The average molecular weight is 219 g/mol. The van der Waals surface area contributed by atoms with Gasteiger partial charge in [0.05, 0.1) is 12.3 Å². The lowest BCUT2D eigenvalue weighted by molar-refractivity contribution is -0.176. The molecule has 0 radical (unpaired) electrons. The monoisotopic (exact) mass is 219 g/mol. The third-order valence-electron chi connectivity index (χ3n) is 1.81. The summed E-state index contributed by atoms with van der Waals surface area (Å²) in [5, 5.41) is 0. The molecule has 15 heavy (non-hydrogen) atoms. The van der Waals surface area contributed by atoms with Gasteiger partial charge < -0.3 is 4.74 Å². The molecular weight excluding hydrogens is 207 g/mol. The summed E-state index contributed by atoms with van der Waals surface area (Å²) >= 11 is 0. The third-order valence-corrected chi connectivity index (χ3v) is 1.81. The second-order valence-corrected chi connectivity index (χ2v) is 3.12. The summed E-state index contributed by atoms with van der Waals surface area (Å²) in [6.07, 6.45) is -1.77. The Labute approximate surface area is 86.1 Å². The van der Waals surface area contributed by atoms with E-state index in [-0.39, 0.29) is 6.61 Å². The number of aromatic nitrogens is 1. The standard InChI is InChI=1S/C10H12F3NO/c1-2-8-3-4-9(14-5-8)6-15-7-10(11,12)13/h3-5H,2,6-7H2,1H3. The minimum Gasteiger partial charge on any atom is -0.366 e. The number of alkyl halides is 3. The van der Waals surface area contributed by atoms with Crippen molar-refractivity contribution in [1.82, 2.24) is 4.98 Å². The second kappa shape index (κ2) is 5.11. The fourth-order valence-electron chi connectivity index (χ4n) is 1.02. The molecule has 0 amide bonds. The van der Waals surface area contributed by atoms with Crippen LogP contribution >= 0.6 is 0 Å². The van der Waals surface area contributed by atoms with Gasteiger partial charge in [-0.1, -0.05) is 13.0 Å². The van der Waals surface area contributed by atoms with Crippen molar-refractivity contribution in [3.63, 3.8) is 0 Å². The van der Waals surface area contributed by atoms with Gasteiger partial charge in [-0.05, 0) is 18.1 Å². The van der Waals surface area contributed by atoms with Gasteiger partial charge in [-0.3, -0.25) is 4.98 Å². The van der Waals surface area contributed by atoms with Gasteiger partial charge in [-0.15, -0.1) is 0 Å².